The van der Waals surface area contributed by atoms with Gasteiger partial charge in [-0.25, -0.2) is 0 Å². The maximum atomic E-state index is 9.44. The minimum Gasteiger partial charge on any atom is -0.295 e. The molecule has 0 aliphatic heterocycles. The Labute approximate surface area is 115 Å². The molecule has 0 amide bonds. The molecule has 2 aliphatic carbocycles. The Morgan fingerprint density at radius 1 is 1.11 bits per heavy atom. The summed E-state index contributed by atoms with van der Waals surface area (Å²) in [4.78, 5) is 0. The van der Waals surface area contributed by atoms with Crippen LogP contribution in [0.15, 0.2) is 24.3 Å². The van der Waals surface area contributed by atoms with Gasteiger partial charge in [-0.1, -0.05) is 43.5 Å². The molecule has 1 unspecified atom stereocenters. The SMILES string of the molecule is N#CC(NC1CCCCC1)c1cccc(C2CC2)c1. The molecule has 1 N–H and O–H groups in total. The van der Waals surface area contributed by atoms with Crippen LogP contribution in [-0.2, 0) is 0 Å². The van der Waals surface area contributed by atoms with Gasteiger partial charge in [-0.05, 0) is 42.7 Å². The zero-order valence-corrected chi connectivity index (χ0v) is 11.4. The molecule has 1 aromatic carbocycles. The quantitative estimate of drug-likeness (QED) is 0.879. The summed E-state index contributed by atoms with van der Waals surface area (Å²) in [6, 6.07) is 11.5. The number of rotatable bonds is 4. The molecule has 1 aromatic rings. The summed E-state index contributed by atoms with van der Waals surface area (Å²) in [5.41, 5.74) is 2.57. The van der Waals surface area contributed by atoms with Gasteiger partial charge in [0.15, 0.2) is 0 Å². The number of nitriles is 1. The largest absolute Gasteiger partial charge is 0.295 e. The van der Waals surface area contributed by atoms with Gasteiger partial charge in [0.05, 0.1) is 6.07 Å². The van der Waals surface area contributed by atoms with E-state index in [9.17, 15) is 5.26 Å². The van der Waals surface area contributed by atoms with Crippen molar-refractivity contribution in [2.24, 2.45) is 0 Å². The lowest BCUT2D eigenvalue weighted by Crippen LogP contribution is -2.33. The Hall–Kier alpha value is -1.33. The van der Waals surface area contributed by atoms with Crippen molar-refractivity contribution in [3.05, 3.63) is 35.4 Å². The smallest absolute Gasteiger partial charge is 0.121 e. The van der Waals surface area contributed by atoms with Crippen LogP contribution in [0.1, 0.15) is 68.0 Å². The van der Waals surface area contributed by atoms with Crippen molar-refractivity contribution in [2.75, 3.05) is 0 Å². The van der Waals surface area contributed by atoms with E-state index in [1.165, 1.54) is 50.5 Å². The summed E-state index contributed by atoms with van der Waals surface area (Å²) in [6.07, 6.45) is 9.04. The predicted octanol–water partition coefficient (Wildman–Crippen LogP) is 4.05. The van der Waals surface area contributed by atoms with Crippen molar-refractivity contribution in [1.82, 2.24) is 5.32 Å². The van der Waals surface area contributed by atoms with E-state index in [1.807, 2.05) is 0 Å². The molecule has 2 heteroatoms. The first-order valence-corrected chi connectivity index (χ1v) is 7.62. The maximum Gasteiger partial charge on any atom is 0.121 e. The van der Waals surface area contributed by atoms with Crippen LogP contribution >= 0.6 is 0 Å². The van der Waals surface area contributed by atoms with Crippen LogP contribution in [-0.4, -0.2) is 6.04 Å². The second-order valence-corrected chi connectivity index (χ2v) is 6.01. The number of nitrogens with zero attached hydrogens (tertiary/aromatic N) is 1. The Kier molecular flexibility index (Phi) is 3.84. The fourth-order valence-electron chi connectivity index (χ4n) is 3.12. The summed E-state index contributed by atoms with van der Waals surface area (Å²) in [5, 5.41) is 13.0. The van der Waals surface area contributed by atoms with Crippen molar-refractivity contribution in [3.8, 4) is 6.07 Å². The zero-order chi connectivity index (χ0) is 13.1. The van der Waals surface area contributed by atoms with Gasteiger partial charge in [-0.15, -0.1) is 0 Å². The molecule has 0 radical (unpaired) electrons. The molecular formula is C17H22N2. The maximum absolute atomic E-state index is 9.44. The van der Waals surface area contributed by atoms with Gasteiger partial charge in [0.2, 0.25) is 0 Å². The van der Waals surface area contributed by atoms with E-state index in [0.29, 0.717) is 6.04 Å². The summed E-state index contributed by atoms with van der Waals surface area (Å²) < 4.78 is 0. The van der Waals surface area contributed by atoms with E-state index in [-0.39, 0.29) is 6.04 Å². The molecular weight excluding hydrogens is 232 g/mol. The van der Waals surface area contributed by atoms with Crippen molar-refractivity contribution < 1.29 is 0 Å². The minimum atomic E-state index is -0.137. The number of hydrogen-bond acceptors (Lipinski definition) is 2. The van der Waals surface area contributed by atoms with Gasteiger partial charge in [0.1, 0.15) is 6.04 Å². The molecule has 3 rings (SSSR count). The molecule has 0 aromatic heterocycles. The lowest BCUT2D eigenvalue weighted by Gasteiger charge is -2.25. The number of nitrogens with one attached hydrogen (secondary N) is 1. The van der Waals surface area contributed by atoms with Gasteiger partial charge >= 0.3 is 0 Å². The molecule has 0 spiro atoms. The average Bonchev–Trinajstić information content (AvgIpc) is 3.31. The molecule has 2 aliphatic rings. The number of hydrogen-bond donors (Lipinski definition) is 1. The zero-order valence-electron chi connectivity index (χ0n) is 11.4. The minimum absolute atomic E-state index is 0.137. The first-order chi connectivity index (χ1) is 9.36. The van der Waals surface area contributed by atoms with E-state index in [1.54, 1.807) is 0 Å². The Morgan fingerprint density at radius 3 is 2.58 bits per heavy atom. The van der Waals surface area contributed by atoms with Crippen LogP contribution < -0.4 is 5.32 Å². The highest BCUT2D eigenvalue weighted by molar-refractivity contribution is 5.33. The van der Waals surface area contributed by atoms with Crippen LogP contribution in [0.25, 0.3) is 0 Å². The Morgan fingerprint density at radius 2 is 1.89 bits per heavy atom. The molecule has 2 fully saturated rings. The highest BCUT2D eigenvalue weighted by Crippen LogP contribution is 2.40. The van der Waals surface area contributed by atoms with Crippen molar-refractivity contribution >= 4 is 0 Å². The van der Waals surface area contributed by atoms with Gasteiger partial charge in [0.25, 0.3) is 0 Å². The molecule has 0 heterocycles. The van der Waals surface area contributed by atoms with E-state index >= 15 is 0 Å². The highest BCUT2D eigenvalue weighted by atomic mass is 14.9. The Balaban J connectivity index is 1.70. The first kappa shape index (κ1) is 12.7. The normalized spacial score (nSPS) is 21.8. The van der Waals surface area contributed by atoms with Crippen LogP contribution in [0, 0.1) is 11.3 Å². The third kappa shape index (κ3) is 3.16. The first-order valence-electron chi connectivity index (χ1n) is 7.62. The van der Waals surface area contributed by atoms with Crippen molar-refractivity contribution in [2.45, 2.75) is 62.9 Å². The summed E-state index contributed by atoms with van der Waals surface area (Å²) in [6.45, 7) is 0. The van der Waals surface area contributed by atoms with Crippen molar-refractivity contribution in [1.29, 1.82) is 5.26 Å². The summed E-state index contributed by atoms with van der Waals surface area (Å²) in [7, 11) is 0. The van der Waals surface area contributed by atoms with Crippen LogP contribution in [0.5, 0.6) is 0 Å². The molecule has 19 heavy (non-hydrogen) atoms. The fraction of sp³-hybridized carbons (Fsp3) is 0.588. The van der Waals surface area contributed by atoms with Gasteiger partial charge in [0, 0.05) is 6.04 Å². The van der Waals surface area contributed by atoms with Crippen molar-refractivity contribution in [3.63, 3.8) is 0 Å². The molecule has 1 atom stereocenters. The molecule has 100 valence electrons. The van der Waals surface area contributed by atoms with Gasteiger partial charge < -0.3 is 0 Å². The van der Waals surface area contributed by atoms with Gasteiger partial charge in [-0.3, -0.25) is 5.32 Å². The van der Waals surface area contributed by atoms with Crippen LogP contribution in [0.3, 0.4) is 0 Å². The van der Waals surface area contributed by atoms with E-state index < -0.39 is 0 Å². The monoisotopic (exact) mass is 254 g/mol. The van der Waals surface area contributed by atoms with E-state index in [2.05, 4.69) is 35.7 Å². The summed E-state index contributed by atoms with van der Waals surface area (Å²) >= 11 is 0. The fourth-order valence-corrected chi connectivity index (χ4v) is 3.12. The average molecular weight is 254 g/mol. The third-order valence-corrected chi connectivity index (χ3v) is 4.43. The lowest BCUT2D eigenvalue weighted by molar-refractivity contribution is 0.360. The predicted molar refractivity (Wildman–Crippen MR) is 76.8 cm³/mol. The topological polar surface area (TPSA) is 35.8 Å². The second kappa shape index (κ2) is 5.75. The lowest BCUT2D eigenvalue weighted by atomic mass is 9.94. The standard InChI is InChI=1S/C17H22N2/c18-12-17(19-16-7-2-1-3-8-16)15-6-4-5-14(11-15)13-9-10-13/h4-6,11,13,16-17,19H,1-3,7-10H2. The second-order valence-electron chi connectivity index (χ2n) is 6.01. The van der Waals surface area contributed by atoms with E-state index in [0.717, 1.165) is 11.5 Å². The Bertz CT molecular complexity index is 464. The number of benzene rings is 1. The molecule has 2 saturated carbocycles. The summed E-state index contributed by atoms with van der Waals surface area (Å²) in [5.74, 6) is 0.758. The van der Waals surface area contributed by atoms with Crippen LogP contribution in [0.2, 0.25) is 0 Å². The molecule has 0 saturated heterocycles. The molecule has 2 nitrogen and oxygen atoms in total. The highest BCUT2D eigenvalue weighted by Gasteiger charge is 2.25. The molecule has 0 bridgehead atoms. The van der Waals surface area contributed by atoms with Crippen LogP contribution in [0.4, 0.5) is 0 Å². The van der Waals surface area contributed by atoms with E-state index in [4.69, 9.17) is 0 Å². The third-order valence-electron chi connectivity index (χ3n) is 4.43. The van der Waals surface area contributed by atoms with Gasteiger partial charge in [-0.2, -0.15) is 5.26 Å².